The molecule has 6 heteroatoms. The fourth-order valence-electron chi connectivity index (χ4n) is 2.81. The van der Waals surface area contributed by atoms with Crippen molar-refractivity contribution in [2.45, 2.75) is 31.8 Å². The molecule has 0 bridgehead atoms. The van der Waals surface area contributed by atoms with Gasteiger partial charge in [-0.05, 0) is 53.0 Å². The standard InChI is InChI=1S/C14H16BrNO4/c15-10-5-9(6-12-13(10)20-8-19-12)7-16-4-2-1-3-11(16)14(17)18/h5-6,11H,1-4,7-8H2,(H,17,18). The normalized spacial score (nSPS) is 21.9. The van der Waals surface area contributed by atoms with Gasteiger partial charge in [0.1, 0.15) is 6.04 Å². The maximum absolute atomic E-state index is 11.3. The molecule has 0 radical (unpaired) electrons. The molecule has 1 saturated heterocycles. The number of benzene rings is 1. The van der Waals surface area contributed by atoms with Crippen LogP contribution in [-0.2, 0) is 11.3 Å². The number of nitrogens with zero attached hydrogens (tertiary/aromatic N) is 1. The van der Waals surface area contributed by atoms with Crippen molar-refractivity contribution < 1.29 is 19.4 Å². The van der Waals surface area contributed by atoms with Gasteiger partial charge in [-0.2, -0.15) is 0 Å². The number of likely N-dealkylation sites (tertiary alicyclic amines) is 1. The van der Waals surface area contributed by atoms with Gasteiger partial charge in [-0.15, -0.1) is 0 Å². The molecule has 0 aromatic heterocycles. The largest absolute Gasteiger partial charge is 0.480 e. The van der Waals surface area contributed by atoms with Gasteiger partial charge in [0.2, 0.25) is 6.79 Å². The Kier molecular flexibility index (Phi) is 3.85. The van der Waals surface area contributed by atoms with E-state index in [2.05, 4.69) is 15.9 Å². The number of piperidine rings is 1. The molecule has 0 saturated carbocycles. The Bertz CT molecular complexity index is 534. The number of ether oxygens (including phenoxy) is 2. The zero-order valence-corrected chi connectivity index (χ0v) is 12.6. The third kappa shape index (κ3) is 2.62. The second-order valence-electron chi connectivity index (χ2n) is 5.13. The van der Waals surface area contributed by atoms with Gasteiger partial charge in [-0.3, -0.25) is 9.69 Å². The SMILES string of the molecule is O=C(O)C1CCCCN1Cc1cc(Br)c2c(c1)OCO2. The van der Waals surface area contributed by atoms with Crippen LogP contribution in [0, 0.1) is 0 Å². The van der Waals surface area contributed by atoms with Gasteiger partial charge in [-0.25, -0.2) is 0 Å². The molecule has 1 unspecified atom stereocenters. The molecule has 108 valence electrons. The van der Waals surface area contributed by atoms with Gasteiger partial charge >= 0.3 is 5.97 Å². The van der Waals surface area contributed by atoms with Crippen LogP contribution in [0.15, 0.2) is 16.6 Å². The Hall–Kier alpha value is -1.27. The number of aliphatic carboxylic acids is 1. The Morgan fingerprint density at radius 1 is 1.40 bits per heavy atom. The van der Waals surface area contributed by atoms with Crippen molar-refractivity contribution in [3.8, 4) is 11.5 Å². The summed E-state index contributed by atoms with van der Waals surface area (Å²) in [5.74, 6) is 0.713. The first-order valence-electron chi connectivity index (χ1n) is 6.70. The van der Waals surface area contributed by atoms with E-state index in [0.717, 1.165) is 47.3 Å². The summed E-state index contributed by atoms with van der Waals surface area (Å²) in [4.78, 5) is 13.3. The second-order valence-corrected chi connectivity index (χ2v) is 5.99. The first-order chi connectivity index (χ1) is 9.65. The average molecular weight is 342 g/mol. The Morgan fingerprint density at radius 2 is 2.25 bits per heavy atom. The van der Waals surface area contributed by atoms with Gasteiger partial charge in [-0.1, -0.05) is 6.42 Å². The lowest BCUT2D eigenvalue weighted by atomic mass is 10.0. The Morgan fingerprint density at radius 3 is 3.05 bits per heavy atom. The molecule has 0 amide bonds. The second kappa shape index (κ2) is 5.61. The molecule has 1 aromatic rings. The zero-order valence-electron chi connectivity index (χ0n) is 11.0. The molecular weight excluding hydrogens is 326 g/mol. The molecule has 0 aliphatic carbocycles. The monoisotopic (exact) mass is 341 g/mol. The highest BCUT2D eigenvalue weighted by molar-refractivity contribution is 9.10. The molecule has 5 nitrogen and oxygen atoms in total. The highest BCUT2D eigenvalue weighted by Gasteiger charge is 2.29. The molecule has 3 rings (SSSR count). The quantitative estimate of drug-likeness (QED) is 0.915. The van der Waals surface area contributed by atoms with Crippen LogP contribution in [0.4, 0.5) is 0 Å². The molecule has 1 aromatic carbocycles. The van der Waals surface area contributed by atoms with Gasteiger partial charge in [0.25, 0.3) is 0 Å². The molecule has 1 atom stereocenters. The Labute approximate surface area is 125 Å². The minimum atomic E-state index is -0.732. The first-order valence-corrected chi connectivity index (χ1v) is 7.49. The molecule has 2 aliphatic rings. The number of carboxylic acids is 1. The van der Waals surface area contributed by atoms with Crippen LogP contribution in [0.3, 0.4) is 0 Å². The summed E-state index contributed by atoms with van der Waals surface area (Å²) in [6.45, 7) is 1.67. The molecule has 20 heavy (non-hydrogen) atoms. The predicted octanol–water partition coefficient (Wildman–Crippen LogP) is 2.62. The molecule has 2 aliphatic heterocycles. The van der Waals surface area contributed by atoms with Crippen LogP contribution in [-0.4, -0.2) is 35.4 Å². The van der Waals surface area contributed by atoms with Gasteiger partial charge < -0.3 is 14.6 Å². The van der Waals surface area contributed by atoms with Crippen molar-refractivity contribution in [2.75, 3.05) is 13.3 Å². The highest BCUT2D eigenvalue weighted by Crippen LogP contribution is 2.40. The summed E-state index contributed by atoms with van der Waals surface area (Å²) < 4.78 is 11.6. The van der Waals surface area contributed by atoms with E-state index < -0.39 is 5.97 Å². The number of hydrogen-bond acceptors (Lipinski definition) is 4. The van der Waals surface area contributed by atoms with E-state index in [0.29, 0.717) is 6.54 Å². The molecule has 1 fully saturated rings. The van der Waals surface area contributed by atoms with E-state index in [1.165, 1.54) is 0 Å². The van der Waals surface area contributed by atoms with E-state index in [1.807, 2.05) is 17.0 Å². The van der Waals surface area contributed by atoms with E-state index >= 15 is 0 Å². The maximum Gasteiger partial charge on any atom is 0.320 e. The lowest BCUT2D eigenvalue weighted by Gasteiger charge is -2.32. The summed E-state index contributed by atoms with van der Waals surface area (Å²) in [7, 11) is 0. The zero-order chi connectivity index (χ0) is 14.1. The summed E-state index contributed by atoms with van der Waals surface area (Å²) in [5, 5.41) is 9.30. The number of carboxylic acid groups (broad SMARTS) is 1. The van der Waals surface area contributed by atoms with Crippen molar-refractivity contribution in [3.05, 3.63) is 22.2 Å². The number of halogens is 1. The molecule has 2 heterocycles. The van der Waals surface area contributed by atoms with Crippen molar-refractivity contribution in [3.63, 3.8) is 0 Å². The highest BCUT2D eigenvalue weighted by atomic mass is 79.9. The van der Waals surface area contributed by atoms with Crippen molar-refractivity contribution in [1.82, 2.24) is 4.90 Å². The average Bonchev–Trinajstić information content (AvgIpc) is 2.88. The predicted molar refractivity (Wildman–Crippen MR) is 75.9 cm³/mol. The van der Waals surface area contributed by atoms with Crippen LogP contribution in [0.5, 0.6) is 11.5 Å². The van der Waals surface area contributed by atoms with Gasteiger partial charge in [0.15, 0.2) is 11.5 Å². The number of rotatable bonds is 3. The van der Waals surface area contributed by atoms with E-state index in [4.69, 9.17) is 9.47 Å². The van der Waals surface area contributed by atoms with Crippen LogP contribution < -0.4 is 9.47 Å². The Balaban J connectivity index is 1.80. The topological polar surface area (TPSA) is 59.0 Å². The molecule has 0 spiro atoms. The first kappa shape index (κ1) is 13.7. The molecule has 1 N–H and O–H groups in total. The summed E-state index contributed by atoms with van der Waals surface area (Å²) in [6, 6.07) is 3.52. The van der Waals surface area contributed by atoms with Crippen molar-refractivity contribution >= 4 is 21.9 Å². The van der Waals surface area contributed by atoms with Crippen LogP contribution in [0.2, 0.25) is 0 Å². The van der Waals surface area contributed by atoms with E-state index in [1.54, 1.807) is 0 Å². The molecular formula is C14H16BrNO4. The van der Waals surface area contributed by atoms with Crippen LogP contribution in [0.25, 0.3) is 0 Å². The fraction of sp³-hybridized carbons (Fsp3) is 0.500. The number of hydrogen-bond donors (Lipinski definition) is 1. The third-order valence-corrected chi connectivity index (χ3v) is 4.36. The summed E-state index contributed by atoms with van der Waals surface area (Å²) in [6.07, 6.45) is 2.76. The lowest BCUT2D eigenvalue weighted by Crippen LogP contribution is -2.43. The van der Waals surface area contributed by atoms with Crippen molar-refractivity contribution in [1.29, 1.82) is 0 Å². The lowest BCUT2D eigenvalue weighted by molar-refractivity contribution is -0.144. The number of fused-ring (bicyclic) bond motifs is 1. The summed E-state index contributed by atoms with van der Waals surface area (Å²) >= 11 is 3.47. The minimum absolute atomic E-state index is 0.235. The number of carbonyl (C=O) groups is 1. The minimum Gasteiger partial charge on any atom is -0.480 e. The van der Waals surface area contributed by atoms with Crippen molar-refractivity contribution in [2.24, 2.45) is 0 Å². The third-order valence-electron chi connectivity index (χ3n) is 3.77. The smallest absolute Gasteiger partial charge is 0.320 e. The summed E-state index contributed by atoms with van der Waals surface area (Å²) in [5.41, 5.74) is 1.04. The van der Waals surface area contributed by atoms with Gasteiger partial charge in [0.05, 0.1) is 4.47 Å². The van der Waals surface area contributed by atoms with Crippen LogP contribution >= 0.6 is 15.9 Å². The van der Waals surface area contributed by atoms with Crippen LogP contribution in [0.1, 0.15) is 24.8 Å². The van der Waals surface area contributed by atoms with E-state index in [9.17, 15) is 9.90 Å². The maximum atomic E-state index is 11.3. The fourth-order valence-corrected chi connectivity index (χ4v) is 3.41. The van der Waals surface area contributed by atoms with Gasteiger partial charge in [0, 0.05) is 6.54 Å². The van der Waals surface area contributed by atoms with E-state index in [-0.39, 0.29) is 12.8 Å².